The number of hydrogen-bond acceptors (Lipinski definition) is 4. The highest BCUT2D eigenvalue weighted by Gasteiger charge is 2.08. The second-order valence-corrected chi connectivity index (χ2v) is 6.70. The molecule has 2 rings (SSSR count). The third-order valence-electron chi connectivity index (χ3n) is 4.09. The molecule has 2 aromatic rings. The molecule has 0 radical (unpaired) electrons. The first-order valence-electron chi connectivity index (χ1n) is 9.72. The van der Waals surface area contributed by atoms with Crippen molar-refractivity contribution in [1.29, 1.82) is 0 Å². The van der Waals surface area contributed by atoms with Crippen molar-refractivity contribution in [2.45, 2.75) is 26.7 Å². The smallest absolute Gasteiger partial charge is 0.251 e. The standard InChI is InChI=1S/C22H27ClN2O4/c1-3-28-19-10-5-16(15-20(19)29-4-2)11-13-24-21(26)12-14-25-22(27)17-6-8-18(23)9-7-17/h5-10,15H,3-4,11-14H2,1-2H3,(H,24,26)(H,25,27). The van der Waals surface area contributed by atoms with Crippen LogP contribution in [0.25, 0.3) is 0 Å². The lowest BCUT2D eigenvalue weighted by Gasteiger charge is -2.12. The Kier molecular flexibility index (Phi) is 9.31. The summed E-state index contributed by atoms with van der Waals surface area (Å²) in [4.78, 5) is 24.0. The van der Waals surface area contributed by atoms with Crippen LogP contribution in [-0.2, 0) is 11.2 Å². The average molecular weight is 419 g/mol. The van der Waals surface area contributed by atoms with Crippen molar-refractivity contribution in [2.24, 2.45) is 0 Å². The summed E-state index contributed by atoms with van der Waals surface area (Å²) in [5.74, 6) is 1.09. The van der Waals surface area contributed by atoms with Crippen molar-refractivity contribution >= 4 is 23.4 Å². The maximum atomic E-state index is 12.0. The molecule has 0 aliphatic rings. The third kappa shape index (κ3) is 7.66. The second kappa shape index (κ2) is 12.0. The molecule has 0 saturated heterocycles. The van der Waals surface area contributed by atoms with Crippen LogP contribution in [0.3, 0.4) is 0 Å². The zero-order valence-electron chi connectivity index (χ0n) is 16.8. The van der Waals surface area contributed by atoms with E-state index in [1.165, 1.54) is 0 Å². The van der Waals surface area contributed by atoms with Gasteiger partial charge in [0.2, 0.25) is 5.91 Å². The van der Waals surface area contributed by atoms with E-state index in [9.17, 15) is 9.59 Å². The van der Waals surface area contributed by atoms with E-state index < -0.39 is 0 Å². The van der Waals surface area contributed by atoms with E-state index in [0.29, 0.717) is 42.5 Å². The van der Waals surface area contributed by atoms with Crippen molar-refractivity contribution in [3.8, 4) is 11.5 Å². The van der Waals surface area contributed by atoms with Crippen molar-refractivity contribution < 1.29 is 19.1 Å². The van der Waals surface area contributed by atoms with E-state index in [4.69, 9.17) is 21.1 Å². The highest BCUT2D eigenvalue weighted by molar-refractivity contribution is 6.30. The van der Waals surface area contributed by atoms with E-state index in [1.54, 1.807) is 24.3 Å². The summed E-state index contributed by atoms with van der Waals surface area (Å²) in [6.45, 7) is 5.76. The summed E-state index contributed by atoms with van der Waals surface area (Å²) in [6, 6.07) is 12.4. The van der Waals surface area contributed by atoms with Crippen LogP contribution in [0, 0.1) is 0 Å². The van der Waals surface area contributed by atoms with Crippen LogP contribution in [0.1, 0.15) is 36.2 Å². The van der Waals surface area contributed by atoms with Gasteiger partial charge in [-0.15, -0.1) is 0 Å². The molecule has 0 aliphatic carbocycles. The van der Waals surface area contributed by atoms with E-state index in [2.05, 4.69) is 10.6 Å². The number of carbonyl (C=O) groups is 2. The summed E-state index contributed by atoms with van der Waals surface area (Å²) >= 11 is 5.80. The van der Waals surface area contributed by atoms with Crippen molar-refractivity contribution in [1.82, 2.24) is 10.6 Å². The zero-order chi connectivity index (χ0) is 21.1. The molecule has 2 amide bonds. The fourth-order valence-electron chi connectivity index (χ4n) is 2.68. The predicted molar refractivity (Wildman–Crippen MR) is 114 cm³/mol. The Hall–Kier alpha value is -2.73. The van der Waals surface area contributed by atoms with Crippen molar-refractivity contribution in [2.75, 3.05) is 26.3 Å². The Bertz CT molecular complexity index is 809. The largest absolute Gasteiger partial charge is 0.490 e. The number of nitrogens with one attached hydrogen (secondary N) is 2. The normalized spacial score (nSPS) is 10.3. The molecule has 156 valence electrons. The number of carbonyl (C=O) groups excluding carboxylic acids is 2. The molecule has 0 bridgehead atoms. The second-order valence-electron chi connectivity index (χ2n) is 6.26. The first-order chi connectivity index (χ1) is 14.0. The van der Waals surface area contributed by atoms with Crippen LogP contribution in [-0.4, -0.2) is 38.1 Å². The van der Waals surface area contributed by atoms with E-state index in [0.717, 1.165) is 11.3 Å². The van der Waals surface area contributed by atoms with Gasteiger partial charge >= 0.3 is 0 Å². The number of rotatable bonds is 11. The number of ether oxygens (including phenoxy) is 2. The molecule has 0 spiro atoms. The van der Waals surface area contributed by atoms with Gasteiger partial charge in [0.25, 0.3) is 5.91 Å². The van der Waals surface area contributed by atoms with Crippen molar-refractivity contribution in [3.05, 3.63) is 58.6 Å². The van der Waals surface area contributed by atoms with E-state index in [-0.39, 0.29) is 24.8 Å². The van der Waals surface area contributed by atoms with E-state index >= 15 is 0 Å². The van der Waals surface area contributed by atoms with Gasteiger partial charge in [-0.1, -0.05) is 17.7 Å². The van der Waals surface area contributed by atoms with Crippen LogP contribution in [0.5, 0.6) is 11.5 Å². The molecule has 0 heterocycles. The Morgan fingerprint density at radius 1 is 0.897 bits per heavy atom. The predicted octanol–water partition coefficient (Wildman–Crippen LogP) is 3.62. The van der Waals surface area contributed by atoms with Gasteiger partial charge in [-0.2, -0.15) is 0 Å². The molecule has 29 heavy (non-hydrogen) atoms. The highest BCUT2D eigenvalue weighted by Crippen LogP contribution is 2.28. The maximum absolute atomic E-state index is 12.0. The molecule has 0 aromatic heterocycles. The minimum Gasteiger partial charge on any atom is -0.490 e. The van der Waals surface area contributed by atoms with Crippen LogP contribution < -0.4 is 20.1 Å². The minimum atomic E-state index is -0.229. The highest BCUT2D eigenvalue weighted by atomic mass is 35.5. The molecule has 7 heteroatoms. The molecular formula is C22H27ClN2O4. The van der Waals surface area contributed by atoms with Gasteiger partial charge < -0.3 is 20.1 Å². The molecule has 0 unspecified atom stereocenters. The van der Waals surface area contributed by atoms with Gasteiger partial charge in [0.1, 0.15) is 0 Å². The van der Waals surface area contributed by atoms with Gasteiger partial charge in [-0.3, -0.25) is 9.59 Å². The third-order valence-corrected chi connectivity index (χ3v) is 4.34. The van der Waals surface area contributed by atoms with Gasteiger partial charge in [-0.05, 0) is 62.2 Å². The molecule has 0 atom stereocenters. The fourth-order valence-corrected chi connectivity index (χ4v) is 2.80. The maximum Gasteiger partial charge on any atom is 0.251 e. The summed E-state index contributed by atoms with van der Waals surface area (Å²) in [5.41, 5.74) is 1.56. The molecule has 0 fully saturated rings. The topological polar surface area (TPSA) is 76.7 Å². The first-order valence-corrected chi connectivity index (χ1v) is 10.1. The molecule has 2 N–H and O–H groups in total. The zero-order valence-corrected chi connectivity index (χ0v) is 17.6. The summed E-state index contributed by atoms with van der Waals surface area (Å²) in [7, 11) is 0. The fraction of sp³-hybridized carbons (Fsp3) is 0.364. The van der Waals surface area contributed by atoms with Crippen LogP contribution in [0.2, 0.25) is 5.02 Å². The number of benzene rings is 2. The number of halogens is 1. The molecule has 2 aromatic carbocycles. The Morgan fingerprint density at radius 3 is 2.28 bits per heavy atom. The quantitative estimate of drug-likeness (QED) is 0.584. The van der Waals surface area contributed by atoms with Gasteiger partial charge in [0, 0.05) is 30.1 Å². The number of hydrogen-bond donors (Lipinski definition) is 2. The minimum absolute atomic E-state index is 0.114. The lowest BCUT2D eigenvalue weighted by molar-refractivity contribution is -0.120. The van der Waals surface area contributed by atoms with Gasteiger partial charge in [-0.25, -0.2) is 0 Å². The number of amides is 2. The average Bonchev–Trinajstić information content (AvgIpc) is 2.70. The van der Waals surface area contributed by atoms with Crippen LogP contribution >= 0.6 is 11.6 Å². The first kappa shape index (κ1) is 22.6. The van der Waals surface area contributed by atoms with Crippen molar-refractivity contribution in [3.63, 3.8) is 0 Å². The monoisotopic (exact) mass is 418 g/mol. The lowest BCUT2D eigenvalue weighted by atomic mass is 10.1. The van der Waals surface area contributed by atoms with Gasteiger partial charge in [0.15, 0.2) is 11.5 Å². The molecular weight excluding hydrogens is 392 g/mol. The van der Waals surface area contributed by atoms with Gasteiger partial charge in [0.05, 0.1) is 13.2 Å². The summed E-state index contributed by atoms with van der Waals surface area (Å²) < 4.78 is 11.2. The van der Waals surface area contributed by atoms with E-state index in [1.807, 2.05) is 32.0 Å². The molecule has 0 saturated carbocycles. The molecule has 0 aliphatic heterocycles. The summed E-state index contributed by atoms with van der Waals surface area (Å²) in [6.07, 6.45) is 0.891. The van der Waals surface area contributed by atoms with Crippen LogP contribution in [0.4, 0.5) is 0 Å². The summed E-state index contributed by atoms with van der Waals surface area (Å²) in [5, 5.41) is 6.16. The molecule has 6 nitrogen and oxygen atoms in total. The Morgan fingerprint density at radius 2 is 1.59 bits per heavy atom. The Balaban J connectivity index is 1.72. The SMILES string of the molecule is CCOc1ccc(CCNC(=O)CCNC(=O)c2ccc(Cl)cc2)cc1OCC. The van der Waals surface area contributed by atoms with Crippen LogP contribution in [0.15, 0.2) is 42.5 Å². The Labute approximate surface area is 176 Å². The lowest BCUT2D eigenvalue weighted by Crippen LogP contribution is -2.31.